The third-order valence-electron chi connectivity index (χ3n) is 3.19. The van der Waals surface area contributed by atoms with Gasteiger partial charge in [-0.15, -0.1) is 10.2 Å². The Balaban J connectivity index is 1.70. The first-order valence-electron chi connectivity index (χ1n) is 7.02. The van der Waals surface area contributed by atoms with E-state index in [4.69, 9.17) is 10.3 Å². The second-order valence-electron chi connectivity index (χ2n) is 4.88. The molecule has 0 radical (unpaired) electrons. The lowest BCUT2D eigenvalue weighted by atomic mass is 10.3. The van der Waals surface area contributed by atoms with Gasteiger partial charge in [0.1, 0.15) is 5.82 Å². The number of para-hydroxylation sites is 1. The van der Waals surface area contributed by atoms with E-state index in [0.29, 0.717) is 16.7 Å². The number of carbonyl (C=O) groups excluding carboxylic acids is 1. The molecule has 0 aliphatic heterocycles. The number of nitrogen functional groups attached to an aromatic ring is 1. The molecular formula is C15H14FN5O2S. The van der Waals surface area contributed by atoms with Crippen molar-refractivity contribution in [3.8, 4) is 11.6 Å². The van der Waals surface area contributed by atoms with Crippen LogP contribution in [0.4, 0.5) is 10.1 Å². The molecule has 0 fully saturated rings. The second-order valence-corrected chi connectivity index (χ2v) is 6.19. The van der Waals surface area contributed by atoms with Crippen LogP contribution in [0.5, 0.6) is 0 Å². The number of aromatic nitrogens is 3. The molecule has 3 N–H and O–H groups in total. The molecular weight excluding hydrogens is 333 g/mol. The van der Waals surface area contributed by atoms with Crippen LogP contribution in [0.15, 0.2) is 52.2 Å². The largest absolute Gasteiger partial charge is 0.461 e. The molecule has 1 atom stereocenters. The molecule has 9 heteroatoms. The lowest BCUT2D eigenvalue weighted by molar-refractivity contribution is -0.115. The zero-order valence-corrected chi connectivity index (χ0v) is 13.5. The maximum atomic E-state index is 13.6. The van der Waals surface area contributed by atoms with Gasteiger partial charge in [-0.1, -0.05) is 23.9 Å². The fraction of sp³-hybridized carbons (Fsp3) is 0.133. The topological polar surface area (TPSA) is 99.0 Å². The van der Waals surface area contributed by atoms with Gasteiger partial charge in [0.25, 0.3) is 0 Å². The first-order chi connectivity index (χ1) is 11.6. The molecule has 3 aromatic rings. The predicted octanol–water partition coefficient (Wildman–Crippen LogP) is 2.51. The van der Waals surface area contributed by atoms with Crippen molar-refractivity contribution in [3.05, 3.63) is 48.5 Å². The van der Waals surface area contributed by atoms with Gasteiger partial charge in [0.2, 0.25) is 16.9 Å². The lowest BCUT2D eigenvalue weighted by Crippen LogP contribution is -2.24. The number of rotatable bonds is 5. The molecule has 0 spiro atoms. The summed E-state index contributed by atoms with van der Waals surface area (Å²) in [5, 5.41) is 10.2. The van der Waals surface area contributed by atoms with Crippen molar-refractivity contribution in [3.63, 3.8) is 0 Å². The van der Waals surface area contributed by atoms with Gasteiger partial charge in [0, 0.05) is 0 Å². The third-order valence-corrected chi connectivity index (χ3v) is 4.25. The molecule has 24 heavy (non-hydrogen) atoms. The minimum Gasteiger partial charge on any atom is -0.461 e. The molecule has 0 aliphatic carbocycles. The Bertz CT molecular complexity index is 849. The van der Waals surface area contributed by atoms with E-state index in [2.05, 4.69) is 15.5 Å². The van der Waals surface area contributed by atoms with Crippen molar-refractivity contribution in [2.75, 3.05) is 11.2 Å². The van der Waals surface area contributed by atoms with Gasteiger partial charge < -0.3 is 15.6 Å². The Morgan fingerprint density at radius 1 is 1.33 bits per heavy atom. The number of hydrogen-bond acceptors (Lipinski definition) is 6. The first kappa shape index (κ1) is 16.1. The Labute approximate surface area is 141 Å². The fourth-order valence-electron chi connectivity index (χ4n) is 1.94. The number of carbonyl (C=O) groups is 1. The third kappa shape index (κ3) is 3.25. The molecule has 7 nitrogen and oxygen atoms in total. The number of nitrogens with one attached hydrogen (secondary N) is 1. The molecule has 0 saturated heterocycles. The lowest BCUT2D eigenvalue weighted by Gasteiger charge is -2.11. The molecule has 2 aromatic heterocycles. The summed E-state index contributed by atoms with van der Waals surface area (Å²) in [7, 11) is 0. The van der Waals surface area contributed by atoms with Crippen LogP contribution in [-0.2, 0) is 4.79 Å². The van der Waals surface area contributed by atoms with Gasteiger partial charge >= 0.3 is 0 Å². The summed E-state index contributed by atoms with van der Waals surface area (Å²) in [6, 6.07) is 9.38. The summed E-state index contributed by atoms with van der Waals surface area (Å²) in [6.07, 6.45) is 1.50. The van der Waals surface area contributed by atoms with Crippen LogP contribution >= 0.6 is 11.8 Å². The van der Waals surface area contributed by atoms with Crippen LogP contribution in [0, 0.1) is 5.82 Å². The fourth-order valence-corrected chi connectivity index (χ4v) is 2.71. The number of benzene rings is 1. The minimum absolute atomic E-state index is 0.125. The standard InChI is InChI=1S/C15H14FN5O2S/c1-9(14(22)18-11-6-3-2-5-10(11)16)24-15-20-19-13(21(15)17)12-7-4-8-23-12/h2-9H,17H2,1H3,(H,18,22)/t9-/m1/s1. The van der Waals surface area contributed by atoms with Crippen molar-refractivity contribution in [2.45, 2.75) is 17.3 Å². The first-order valence-corrected chi connectivity index (χ1v) is 7.90. The van der Waals surface area contributed by atoms with Gasteiger partial charge in [-0.2, -0.15) is 0 Å². The number of thioether (sulfide) groups is 1. The highest BCUT2D eigenvalue weighted by Gasteiger charge is 2.21. The van der Waals surface area contributed by atoms with Crippen LogP contribution < -0.4 is 11.2 Å². The molecule has 124 valence electrons. The number of furan rings is 1. The van der Waals surface area contributed by atoms with Crippen molar-refractivity contribution < 1.29 is 13.6 Å². The molecule has 0 saturated carbocycles. The van der Waals surface area contributed by atoms with Crippen LogP contribution in [0.2, 0.25) is 0 Å². The number of hydrogen-bond donors (Lipinski definition) is 2. The van der Waals surface area contributed by atoms with E-state index in [1.165, 1.54) is 23.1 Å². The smallest absolute Gasteiger partial charge is 0.237 e. The number of nitrogens with zero attached hydrogens (tertiary/aromatic N) is 3. The molecule has 3 rings (SSSR count). The van der Waals surface area contributed by atoms with E-state index in [1.54, 1.807) is 31.2 Å². The summed E-state index contributed by atoms with van der Waals surface area (Å²) in [6.45, 7) is 1.67. The summed E-state index contributed by atoms with van der Waals surface area (Å²) >= 11 is 1.11. The average Bonchev–Trinajstić information content (AvgIpc) is 3.20. The van der Waals surface area contributed by atoms with E-state index < -0.39 is 11.1 Å². The van der Waals surface area contributed by atoms with Gasteiger partial charge in [0.15, 0.2) is 5.76 Å². The highest BCUT2D eigenvalue weighted by atomic mass is 32.2. The highest BCUT2D eigenvalue weighted by Crippen LogP contribution is 2.25. The maximum Gasteiger partial charge on any atom is 0.237 e. The summed E-state index contributed by atoms with van der Waals surface area (Å²) in [5.74, 6) is 5.90. The van der Waals surface area contributed by atoms with Gasteiger partial charge in [-0.05, 0) is 31.2 Å². The SMILES string of the molecule is C[C@@H](Sc1nnc(-c2ccco2)n1N)C(=O)Nc1ccccc1F. The van der Waals surface area contributed by atoms with E-state index in [9.17, 15) is 9.18 Å². The predicted molar refractivity (Wildman–Crippen MR) is 88.2 cm³/mol. The normalized spacial score (nSPS) is 12.1. The molecule has 1 amide bonds. The number of nitrogens with two attached hydrogens (primary N) is 1. The van der Waals surface area contributed by atoms with Gasteiger partial charge in [-0.25, -0.2) is 9.07 Å². The van der Waals surface area contributed by atoms with Crippen molar-refractivity contribution in [1.29, 1.82) is 0 Å². The summed E-state index contributed by atoms with van der Waals surface area (Å²) in [4.78, 5) is 12.2. The average molecular weight is 347 g/mol. The van der Waals surface area contributed by atoms with Crippen molar-refractivity contribution in [2.24, 2.45) is 0 Å². The van der Waals surface area contributed by atoms with E-state index in [1.807, 2.05) is 0 Å². The Kier molecular flexibility index (Phi) is 4.52. The van der Waals surface area contributed by atoms with Gasteiger partial charge in [-0.3, -0.25) is 4.79 Å². The maximum absolute atomic E-state index is 13.6. The van der Waals surface area contributed by atoms with Crippen LogP contribution in [0.25, 0.3) is 11.6 Å². The zero-order valence-electron chi connectivity index (χ0n) is 12.6. The van der Waals surface area contributed by atoms with Crippen LogP contribution in [-0.4, -0.2) is 26.0 Å². The number of anilines is 1. The van der Waals surface area contributed by atoms with Crippen LogP contribution in [0.1, 0.15) is 6.92 Å². The Morgan fingerprint density at radius 3 is 2.83 bits per heavy atom. The summed E-state index contributed by atoms with van der Waals surface area (Å²) < 4.78 is 20.1. The Morgan fingerprint density at radius 2 is 2.12 bits per heavy atom. The van der Waals surface area contributed by atoms with Crippen molar-refractivity contribution >= 4 is 23.4 Å². The number of amides is 1. The van der Waals surface area contributed by atoms with E-state index in [-0.39, 0.29) is 11.6 Å². The highest BCUT2D eigenvalue weighted by molar-refractivity contribution is 8.00. The van der Waals surface area contributed by atoms with Crippen molar-refractivity contribution in [1.82, 2.24) is 14.9 Å². The number of halogens is 1. The monoisotopic (exact) mass is 347 g/mol. The molecule has 1 aromatic carbocycles. The minimum atomic E-state index is -0.555. The molecule has 0 unspecified atom stereocenters. The summed E-state index contributed by atoms with van der Waals surface area (Å²) in [5.41, 5.74) is 0.125. The second kappa shape index (κ2) is 6.75. The Hall–Kier alpha value is -2.81. The zero-order chi connectivity index (χ0) is 17.1. The van der Waals surface area contributed by atoms with Crippen LogP contribution in [0.3, 0.4) is 0 Å². The van der Waals surface area contributed by atoms with E-state index in [0.717, 1.165) is 11.8 Å². The molecule has 2 heterocycles. The van der Waals surface area contributed by atoms with Gasteiger partial charge in [0.05, 0.1) is 17.2 Å². The quantitative estimate of drug-likeness (QED) is 0.543. The molecule has 0 aliphatic rings. The van der Waals surface area contributed by atoms with E-state index >= 15 is 0 Å². The molecule has 0 bridgehead atoms.